The van der Waals surface area contributed by atoms with Crippen molar-refractivity contribution in [2.24, 2.45) is 5.92 Å². The number of unbranched alkanes of at least 4 members (excludes halogenated alkanes) is 4. The van der Waals surface area contributed by atoms with Crippen LogP contribution in [0.4, 0.5) is 0 Å². The lowest BCUT2D eigenvalue weighted by atomic mass is 9.98. The van der Waals surface area contributed by atoms with E-state index in [1.165, 1.54) is 12.8 Å². The molecule has 6 heteroatoms. The molecule has 0 aromatic heterocycles. The minimum Gasteiger partial charge on any atom is -0.394 e. The summed E-state index contributed by atoms with van der Waals surface area (Å²) in [4.78, 5) is 12.1. The van der Waals surface area contributed by atoms with E-state index in [-0.39, 0.29) is 25.0 Å². The highest BCUT2D eigenvalue weighted by Gasteiger charge is 2.30. The van der Waals surface area contributed by atoms with Crippen molar-refractivity contribution in [3.63, 3.8) is 0 Å². The van der Waals surface area contributed by atoms with Crippen LogP contribution in [0.5, 0.6) is 0 Å². The molecule has 0 heterocycles. The topological polar surface area (TPSA) is 99.0 Å². The Hall–Kier alpha value is -0.690. The molecule has 24 heavy (non-hydrogen) atoms. The number of hydrogen-bond donors (Lipinski definition) is 4. The number of carbonyl (C=O) groups is 1. The van der Waals surface area contributed by atoms with Crippen molar-refractivity contribution in [3.8, 4) is 0 Å². The number of nitrogens with one attached hydrogen (secondary N) is 1. The minimum absolute atomic E-state index is 0.0137. The molecule has 4 atom stereocenters. The van der Waals surface area contributed by atoms with E-state index >= 15 is 0 Å². The Morgan fingerprint density at radius 3 is 2.12 bits per heavy atom. The van der Waals surface area contributed by atoms with Crippen molar-refractivity contribution in [2.45, 2.75) is 90.6 Å². The normalized spacial score (nSPS) is 16.7. The predicted octanol–water partition coefficient (Wildman–Crippen LogP) is 1.61. The first-order valence-corrected chi connectivity index (χ1v) is 9.21. The van der Waals surface area contributed by atoms with E-state index in [1.807, 2.05) is 13.8 Å². The Balaban J connectivity index is 4.54. The highest BCUT2D eigenvalue weighted by atomic mass is 16.5. The molecular formula is C18H37NO5. The summed E-state index contributed by atoms with van der Waals surface area (Å²) < 4.78 is 5.76. The molecule has 0 rings (SSSR count). The number of ether oxygens (including phenoxy) is 1. The zero-order chi connectivity index (χ0) is 18.5. The van der Waals surface area contributed by atoms with Crippen molar-refractivity contribution in [3.05, 3.63) is 0 Å². The smallest absolute Gasteiger partial charge is 0.220 e. The summed E-state index contributed by atoms with van der Waals surface area (Å²) in [6, 6.07) is -0.555. The predicted molar refractivity (Wildman–Crippen MR) is 94.7 cm³/mol. The van der Waals surface area contributed by atoms with Crippen LogP contribution in [0.2, 0.25) is 0 Å². The van der Waals surface area contributed by atoms with Gasteiger partial charge in [-0.05, 0) is 19.3 Å². The van der Waals surface area contributed by atoms with Crippen molar-refractivity contribution < 1.29 is 24.9 Å². The van der Waals surface area contributed by atoms with Gasteiger partial charge in [0.1, 0.15) is 6.10 Å². The maximum absolute atomic E-state index is 12.1. The van der Waals surface area contributed by atoms with Gasteiger partial charge in [0.25, 0.3) is 0 Å². The molecule has 0 radical (unpaired) electrons. The number of hydrogen-bond acceptors (Lipinski definition) is 5. The summed E-state index contributed by atoms with van der Waals surface area (Å²) in [6.45, 7) is 6.97. The molecule has 0 spiro atoms. The van der Waals surface area contributed by atoms with Crippen LogP contribution in [0.15, 0.2) is 0 Å². The molecule has 0 saturated heterocycles. The fourth-order valence-corrected chi connectivity index (χ4v) is 2.63. The number of amides is 1. The maximum atomic E-state index is 12.1. The van der Waals surface area contributed by atoms with Crippen molar-refractivity contribution in [1.29, 1.82) is 0 Å². The quantitative estimate of drug-likeness (QED) is 0.358. The lowest BCUT2D eigenvalue weighted by Crippen LogP contribution is -2.51. The molecule has 2 unspecified atom stereocenters. The molecule has 0 fully saturated rings. The Bertz CT molecular complexity index is 323. The van der Waals surface area contributed by atoms with Gasteiger partial charge in [0.05, 0.1) is 31.5 Å². The van der Waals surface area contributed by atoms with E-state index in [0.717, 1.165) is 19.3 Å². The van der Waals surface area contributed by atoms with Gasteiger partial charge in [-0.25, -0.2) is 0 Å². The lowest BCUT2D eigenvalue weighted by molar-refractivity contribution is -0.133. The first-order valence-electron chi connectivity index (χ1n) is 9.21. The van der Waals surface area contributed by atoms with Gasteiger partial charge < -0.3 is 25.4 Å². The molecule has 144 valence electrons. The lowest BCUT2D eigenvalue weighted by Gasteiger charge is -2.33. The van der Waals surface area contributed by atoms with E-state index in [1.54, 1.807) is 6.92 Å². The first-order chi connectivity index (χ1) is 11.4. The molecule has 0 aliphatic rings. The first kappa shape index (κ1) is 23.3. The van der Waals surface area contributed by atoms with Crippen LogP contribution in [0.3, 0.4) is 0 Å². The van der Waals surface area contributed by atoms with E-state index in [2.05, 4.69) is 12.2 Å². The van der Waals surface area contributed by atoms with Crippen molar-refractivity contribution in [2.75, 3.05) is 13.2 Å². The van der Waals surface area contributed by atoms with Gasteiger partial charge in [-0.2, -0.15) is 0 Å². The zero-order valence-corrected chi connectivity index (χ0v) is 15.7. The molecule has 0 bridgehead atoms. The minimum atomic E-state index is -0.829. The molecule has 0 aromatic rings. The van der Waals surface area contributed by atoms with Crippen molar-refractivity contribution in [1.82, 2.24) is 5.32 Å². The van der Waals surface area contributed by atoms with Gasteiger partial charge >= 0.3 is 0 Å². The Kier molecular flexibility index (Phi) is 13.2. The third-order valence-electron chi connectivity index (χ3n) is 4.15. The van der Waals surface area contributed by atoms with Gasteiger partial charge in [0.2, 0.25) is 5.91 Å². The van der Waals surface area contributed by atoms with E-state index in [4.69, 9.17) is 4.74 Å². The van der Waals surface area contributed by atoms with E-state index in [0.29, 0.717) is 6.42 Å². The molecule has 0 aliphatic carbocycles. The highest BCUT2D eigenvalue weighted by molar-refractivity contribution is 5.76. The molecule has 6 nitrogen and oxygen atoms in total. The van der Waals surface area contributed by atoms with Crippen LogP contribution in [-0.2, 0) is 9.53 Å². The van der Waals surface area contributed by atoms with Gasteiger partial charge in [-0.3, -0.25) is 4.79 Å². The molecule has 0 saturated carbocycles. The summed E-state index contributed by atoms with van der Waals surface area (Å²) in [5.74, 6) is -0.0859. The average Bonchev–Trinajstić information content (AvgIpc) is 2.53. The van der Waals surface area contributed by atoms with Crippen LogP contribution in [0, 0.1) is 5.92 Å². The van der Waals surface area contributed by atoms with E-state index in [9.17, 15) is 20.1 Å². The summed E-state index contributed by atoms with van der Waals surface area (Å²) in [6.07, 6.45) is 3.75. The largest absolute Gasteiger partial charge is 0.394 e. The second-order valence-corrected chi connectivity index (χ2v) is 6.83. The zero-order valence-electron chi connectivity index (χ0n) is 15.7. The third-order valence-corrected chi connectivity index (χ3v) is 4.15. The Morgan fingerprint density at radius 2 is 1.67 bits per heavy atom. The van der Waals surface area contributed by atoms with Crippen molar-refractivity contribution >= 4 is 5.91 Å². The standard InChI is InChI=1S/C18H37NO5/c1-5-6-7-8-9-10-17(23)19-15(11-20)18(13(2)3)24-16(12-21)14(4)22/h13-16,18,20-22H,5-12H2,1-4H3,(H,19,23)/t14-,15-,16?,18?/m0/s1. The molecule has 0 aliphatic heterocycles. The van der Waals surface area contributed by atoms with Crippen LogP contribution >= 0.6 is 0 Å². The number of aliphatic hydroxyl groups is 3. The van der Waals surface area contributed by atoms with Crippen LogP contribution in [0.25, 0.3) is 0 Å². The molecule has 4 N–H and O–H groups in total. The fourth-order valence-electron chi connectivity index (χ4n) is 2.63. The summed E-state index contributed by atoms with van der Waals surface area (Å²) in [5, 5.41) is 31.4. The second kappa shape index (κ2) is 13.6. The number of aliphatic hydroxyl groups excluding tert-OH is 3. The van der Waals surface area contributed by atoms with Crippen LogP contribution in [-0.4, -0.2) is 58.8 Å². The molecular weight excluding hydrogens is 310 g/mol. The number of carbonyl (C=O) groups excluding carboxylic acids is 1. The maximum Gasteiger partial charge on any atom is 0.220 e. The second-order valence-electron chi connectivity index (χ2n) is 6.83. The Labute approximate surface area is 146 Å². The van der Waals surface area contributed by atoms with Gasteiger partial charge in [-0.1, -0.05) is 46.5 Å². The number of rotatable bonds is 14. The third kappa shape index (κ3) is 9.57. The summed E-state index contributed by atoms with van der Waals surface area (Å²) in [7, 11) is 0. The van der Waals surface area contributed by atoms with Gasteiger partial charge in [-0.15, -0.1) is 0 Å². The van der Waals surface area contributed by atoms with E-state index < -0.39 is 24.4 Å². The fraction of sp³-hybridized carbons (Fsp3) is 0.944. The van der Waals surface area contributed by atoms with Crippen LogP contribution in [0.1, 0.15) is 66.2 Å². The highest BCUT2D eigenvalue weighted by Crippen LogP contribution is 2.16. The SMILES string of the molecule is CCCCCCCC(=O)N[C@@H](CO)C(OC(CO)[C@H](C)O)C(C)C. The molecule has 1 amide bonds. The summed E-state index contributed by atoms with van der Waals surface area (Å²) in [5.41, 5.74) is 0. The monoisotopic (exact) mass is 347 g/mol. The van der Waals surface area contributed by atoms with Gasteiger partial charge in [0.15, 0.2) is 0 Å². The molecule has 0 aromatic carbocycles. The Morgan fingerprint density at radius 1 is 1.04 bits per heavy atom. The average molecular weight is 347 g/mol. The van der Waals surface area contributed by atoms with Crippen LogP contribution < -0.4 is 5.32 Å². The summed E-state index contributed by atoms with van der Waals surface area (Å²) >= 11 is 0. The van der Waals surface area contributed by atoms with Gasteiger partial charge in [0, 0.05) is 6.42 Å².